The molecule has 0 aliphatic heterocycles. The Kier molecular flexibility index (Phi) is 5.52. The van der Waals surface area contributed by atoms with Gasteiger partial charge in [0, 0.05) is 6.04 Å². The summed E-state index contributed by atoms with van der Waals surface area (Å²) in [6, 6.07) is 19.2. The molecule has 2 aromatic rings. The van der Waals surface area contributed by atoms with E-state index in [4.69, 9.17) is 5.73 Å². The maximum atomic E-state index is 12.1. The molecule has 1 amide bonds. The van der Waals surface area contributed by atoms with Crippen LogP contribution in [0.3, 0.4) is 0 Å². The van der Waals surface area contributed by atoms with Crippen molar-refractivity contribution in [2.75, 3.05) is 0 Å². The predicted octanol–water partition coefficient (Wildman–Crippen LogP) is 2.82. The Balaban J connectivity index is 1.82. The molecule has 0 heterocycles. The van der Waals surface area contributed by atoms with Gasteiger partial charge in [0.2, 0.25) is 5.91 Å². The van der Waals surface area contributed by atoms with Gasteiger partial charge in [-0.3, -0.25) is 4.79 Å². The van der Waals surface area contributed by atoms with Gasteiger partial charge in [0.25, 0.3) is 0 Å². The summed E-state index contributed by atoms with van der Waals surface area (Å²) < 4.78 is 0. The van der Waals surface area contributed by atoms with Gasteiger partial charge in [-0.05, 0) is 30.9 Å². The van der Waals surface area contributed by atoms with Gasteiger partial charge in [0.15, 0.2) is 0 Å². The standard InChI is InChI=1S/C18H22N2O/c1-14(12-13-15-8-4-2-5-9-15)20-18(21)17(19)16-10-6-3-7-11-16/h2-11,14,17H,12-13,19H2,1H3,(H,20,21)/t14?,17-/m1/s1. The number of hydrogen-bond donors (Lipinski definition) is 2. The summed E-state index contributed by atoms with van der Waals surface area (Å²) in [6.07, 6.45) is 1.85. The molecular formula is C18H22N2O. The summed E-state index contributed by atoms with van der Waals surface area (Å²) in [5.41, 5.74) is 8.10. The average molecular weight is 282 g/mol. The zero-order chi connectivity index (χ0) is 15.1. The highest BCUT2D eigenvalue weighted by atomic mass is 16.2. The molecule has 0 aromatic heterocycles. The SMILES string of the molecule is CC(CCc1ccccc1)NC(=O)[C@H](N)c1ccccc1. The summed E-state index contributed by atoms with van der Waals surface area (Å²) in [6.45, 7) is 2.01. The predicted molar refractivity (Wildman–Crippen MR) is 85.7 cm³/mol. The Hall–Kier alpha value is -2.13. The third kappa shape index (κ3) is 4.72. The van der Waals surface area contributed by atoms with Gasteiger partial charge in [-0.25, -0.2) is 0 Å². The third-order valence-electron chi connectivity index (χ3n) is 3.54. The average Bonchev–Trinajstić information content (AvgIpc) is 2.54. The Labute approximate surface area is 126 Å². The lowest BCUT2D eigenvalue weighted by molar-refractivity contribution is -0.123. The number of amides is 1. The smallest absolute Gasteiger partial charge is 0.241 e. The molecule has 0 fully saturated rings. The van der Waals surface area contributed by atoms with Crippen molar-refractivity contribution in [1.29, 1.82) is 0 Å². The van der Waals surface area contributed by atoms with Crippen molar-refractivity contribution < 1.29 is 4.79 Å². The van der Waals surface area contributed by atoms with Crippen LogP contribution in [0.1, 0.15) is 30.5 Å². The Morgan fingerprint density at radius 3 is 2.24 bits per heavy atom. The van der Waals surface area contributed by atoms with Crippen molar-refractivity contribution in [3.8, 4) is 0 Å². The van der Waals surface area contributed by atoms with E-state index in [0.717, 1.165) is 18.4 Å². The van der Waals surface area contributed by atoms with Crippen LogP contribution < -0.4 is 11.1 Å². The number of hydrogen-bond acceptors (Lipinski definition) is 2. The monoisotopic (exact) mass is 282 g/mol. The molecule has 0 bridgehead atoms. The molecule has 0 saturated heterocycles. The molecule has 0 aliphatic rings. The fourth-order valence-corrected chi connectivity index (χ4v) is 2.24. The van der Waals surface area contributed by atoms with Crippen LogP contribution in [0.25, 0.3) is 0 Å². The van der Waals surface area contributed by atoms with Crippen LogP contribution in [0.2, 0.25) is 0 Å². The molecule has 2 rings (SSSR count). The first-order valence-electron chi connectivity index (χ1n) is 7.31. The molecule has 0 radical (unpaired) electrons. The zero-order valence-corrected chi connectivity index (χ0v) is 12.3. The van der Waals surface area contributed by atoms with Crippen molar-refractivity contribution in [1.82, 2.24) is 5.32 Å². The second-order valence-electron chi connectivity index (χ2n) is 5.32. The fourth-order valence-electron chi connectivity index (χ4n) is 2.24. The van der Waals surface area contributed by atoms with Crippen LogP contribution in [0.4, 0.5) is 0 Å². The second kappa shape index (κ2) is 7.60. The van der Waals surface area contributed by atoms with E-state index in [1.807, 2.05) is 55.5 Å². The van der Waals surface area contributed by atoms with Crippen molar-refractivity contribution >= 4 is 5.91 Å². The topological polar surface area (TPSA) is 55.1 Å². The normalized spacial score (nSPS) is 13.4. The molecule has 0 spiro atoms. The quantitative estimate of drug-likeness (QED) is 0.856. The lowest BCUT2D eigenvalue weighted by atomic mass is 10.0. The van der Waals surface area contributed by atoms with E-state index in [9.17, 15) is 4.79 Å². The molecule has 0 aliphatic carbocycles. The molecule has 110 valence electrons. The molecule has 3 nitrogen and oxygen atoms in total. The molecular weight excluding hydrogens is 260 g/mol. The maximum Gasteiger partial charge on any atom is 0.241 e. The Morgan fingerprint density at radius 2 is 1.62 bits per heavy atom. The van der Waals surface area contributed by atoms with E-state index < -0.39 is 6.04 Å². The lowest BCUT2D eigenvalue weighted by Gasteiger charge is -2.17. The van der Waals surface area contributed by atoms with E-state index in [-0.39, 0.29) is 11.9 Å². The highest BCUT2D eigenvalue weighted by molar-refractivity contribution is 5.83. The first-order valence-corrected chi connectivity index (χ1v) is 7.31. The van der Waals surface area contributed by atoms with Crippen LogP contribution in [-0.4, -0.2) is 11.9 Å². The largest absolute Gasteiger partial charge is 0.352 e. The van der Waals surface area contributed by atoms with E-state index in [2.05, 4.69) is 17.4 Å². The highest BCUT2D eigenvalue weighted by Gasteiger charge is 2.17. The number of carbonyl (C=O) groups excluding carboxylic acids is 1. The second-order valence-corrected chi connectivity index (χ2v) is 5.32. The number of carbonyl (C=O) groups is 1. The number of nitrogens with two attached hydrogens (primary N) is 1. The number of rotatable bonds is 6. The van der Waals surface area contributed by atoms with E-state index in [1.165, 1.54) is 5.56 Å². The van der Waals surface area contributed by atoms with Gasteiger partial charge in [0.1, 0.15) is 6.04 Å². The van der Waals surface area contributed by atoms with Gasteiger partial charge in [-0.15, -0.1) is 0 Å². The fraction of sp³-hybridized carbons (Fsp3) is 0.278. The molecule has 1 unspecified atom stereocenters. The van der Waals surface area contributed by atoms with Crippen LogP contribution in [0.5, 0.6) is 0 Å². The van der Waals surface area contributed by atoms with E-state index in [0.29, 0.717) is 0 Å². The first-order chi connectivity index (χ1) is 10.2. The summed E-state index contributed by atoms with van der Waals surface area (Å²) in [5, 5.41) is 2.98. The van der Waals surface area contributed by atoms with Crippen molar-refractivity contribution in [2.45, 2.75) is 31.8 Å². The van der Waals surface area contributed by atoms with Crippen LogP contribution in [-0.2, 0) is 11.2 Å². The van der Waals surface area contributed by atoms with Crippen LogP contribution in [0, 0.1) is 0 Å². The Morgan fingerprint density at radius 1 is 1.05 bits per heavy atom. The van der Waals surface area contributed by atoms with E-state index >= 15 is 0 Å². The van der Waals surface area contributed by atoms with E-state index in [1.54, 1.807) is 0 Å². The van der Waals surface area contributed by atoms with Crippen molar-refractivity contribution in [3.05, 3.63) is 71.8 Å². The Bertz CT molecular complexity index is 554. The minimum absolute atomic E-state index is 0.104. The first kappa shape index (κ1) is 15.3. The number of aryl methyl sites for hydroxylation is 1. The van der Waals surface area contributed by atoms with Gasteiger partial charge in [-0.1, -0.05) is 60.7 Å². The summed E-state index contributed by atoms with van der Waals surface area (Å²) in [4.78, 5) is 12.1. The summed E-state index contributed by atoms with van der Waals surface area (Å²) in [7, 11) is 0. The molecule has 21 heavy (non-hydrogen) atoms. The molecule has 2 atom stereocenters. The third-order valence-corrected chi connectivity index (χ3v) is 3.54. The van der Waals surface area contributed by atoms with Gasteiger partial charge >= 0.3 is 0 Å². The molecule has 3 heteroatoms. The van der Waals surface area contributed by atoms with Gasteiger partial charge in [-0.2, -0.15) is 0 Å². The van der Waals surface area contributed by atoms with Crippen LogP contribution >= 0.6 is 0 Å². The van der Waals surface area contributed by atoms with Crippen LogP contribution in [0.15, 0.2) is 60.7 Å². The minimum Gasteiger partial charge on any atom is -0.352 e. The van der Waals surface area contributed by atoms with Gasteiger partial charge < -0.3 is 11.1 Å². The van der Waals surface area contributed by atoms with Crippen molar-refractivity contribution in [3.63, 3.8) is 0 Å². The zero-order valence-electron chi connectivity index (χ0n) is 12.3. The lowest BCUT2D eigenvalue weighted by Crippen LogP contribution is -2.39. The van der Waals surface area contributed by atoms with Gasteiger partial charge in [0.05, 0.1) is 0 Å². The summed E-state index contributed by atoms with van der Waals surface area (Å²) in [5.74, 6) is -0.123. The number of benzene rings is 2. The van der Waals surface area contributed by atoms with Crippen molar-refractivity contribution in [2.24, 2.45) is 5.73 Å². The minimum atomic E-state index is -0.606. The molecule has 2 aromatic carbocycles. The molecule has 0 saturated carbocycles. The maximum absolute atomic E-state index is 12.1. The highest BCUT2D eigenvalue weighted by Crippen LogP contribution is 2.10. The number of nitrogens with one attached hydrogen (secondary N) is 1. The summed E-state index contributed by atoms with van der Waals surface area (Å²) >= 11 is 0. The molecule has 3 N–H and O–H groups in total.